The third-order valence-electron chi connectivity index (χ3n) is 3.40. The molecule has 1 fully saturated rings. The largest absolute Gasteiger partial charge is 0.326 e. The van der Waals surface area contributed by atoms with Crippen LogP contribution in [0, 0.1) is 13.8 Å². The van der Waals surface area contributed by atoms with Crippen molar-refractivity contribution in [1.29, 1.82) is 0 Å². The van der Waals surface area contributed by atoms with Gasteiger partial charge in [0.15, 0.2) is 0 Å². The van der Waals surface area contributed by atoms with Crippen molar-refractivity contribution in [3.8, 4) is 0 Å². The number of hydrogen-bond donors (Lipinski definition) is 2. The number of nitrogens with one attached hydrogen (secondary N) is 1. The summed E-state index contributed by atoms with van der Waals surface area (Å²) in [4.78, 5) is 0. The minimum atomic E-state index is 0.265. The van der Waals surface area contributed by atoms with Crippen molar-refractivity contribution in [3.05, 3.63) is 34.9 Å². The Bertz CT molecular complexity index is 346. The average molecular weight is 204 g/mol. The van der Waals surface area contributed by atoms with Gasteiger partial charge in [0.1, 0.15) is 0 Å². The predicted octanol–water partition coefficient (Wildman–Crippen LogP) is 2.06. The van der Waals surface area contributed by atoms with E-state index >= 15 is 0 Å². The molecule has 2 heteroatoms. The minimum Gasteiger partial charge on any atom is -0.326 e. The topological polar surface area (TPSA) is 38.0 Å². The molecule has 3 N–H and O–H groups in total. The molecule has 1 aromatic rings. The molecule has 1 saturated heterocycles. The van der Waals surface area contributed by atoms with Crippen LogP contribution in [0.2, 0.25) is 0 Å². The Morgan fingerprint density at radius 1 is 1.27 bits per heavy atom. The van der Waals surface area contributed by atoms with Crippen LogP contribution in [0.5, 0.6) is 0 Å². The molecular weight excluding hydrogens is 184 g/mol. The zero-order valence-corrected chi connectivity index (χ0v) is 9.59. The Kier molecular flexibility index (Phi) is 3.08. The second-order valence-electron chi connectivity index (χ2n) is 4.58. The number of benzene rings is 1. The lowest BCUT2D eigenvalue weighted by atomic mass is 9.91. The summed E-state index contributed by atoms with van der Waals surface area (Å²) in [5.41, 5.74) is 10.2. The quantitative estimate of drug-likeness (QED) is 0.735. The number of rotatable bonds is 1. The molecule has 0 aromatic heterocycles. The van der Waals surface area contributed by atoms with E-state index < -0.39 is 0 Å². The van der Waals surface area contributed by atoms with Crippen LogP contribution in [0.1, 0.15) is 35.6 Å². The summed E-state index contributed by atoms with van der Waals surface area (Å²) in [6.07, 6.45) is 2.33. The molecule has 82 valence electrons. The summed E-state index contributed by atoms with van der Waals surface area (Å²) in [5.74, 6) is 0. The molecule has 2 atom stereocenters. The summed E-state index contributed by atoms with van der Waals surface area (Å²) < 4.78 is 0. The number of piperidine rings is 1. The Balaban J connectivity index is 2.24. The maximum absolute atomic E-state index is 6.14. The lowest BCUT2D eigenvalue weighted by Gasteiger charge is -2.30. The van der Waals surface area contributed by atoms with Crippen LogP contribution in [0.4, 0.5) is 0 Å². The molecule has 2 nitrogen and oxygen atoms in total. The van der Waals surface area contributed by atoms with E-state index in [1.165, 1.54) is 23.1 Å². The third-order valence-corrected chi connectivity index (χ3v) is 3.40. The third kappa shape index (κ3) is 2.21. The van der Waals surface area contributed by atoms with E-state index in [1.807, 2.05) is 0 Å². The molecule has 1 heterocycles. The monoisotopic (exact) mass is 204 g/mol. The zero-order valence-electron chi connectivity index (χ0n) is 9.59. The lowest BCUT2D eigenvalue weighted by molar-refractivity contribution is 0.358. The van der Waals surface area contributed by atoms with E-state index in [2.05, 4.69) is 37.4 Å². The van der Waals surface area contributed by atoms with Gasteiger partial charge < -0.3 is 11.1 Å². The van der Waals surface area contributed by atoms with Gasteiger partial charge in [-0.1, -0.05) is 18.2 Å². The second-order valence-corrected chi connectivity index (χ2v) is 4.58. The Morgan fingerprint density at radius 2 is 2.07 bits per heavy atom. The van der Waals surface area contributed by atoms with Crippen molar-refractivity contribution < 1.29 is 0 Å². The molecule has 0 amide bonds. The summed E-state index contributed by atoms with van der Waals surface area (Å²) in [5, 5.41) is 3.51. The summed E-state index contributed by atoms with van der Waals surface area (Å²) >= 11 is 0. The molecular formula is C13H20N2. The Hall–Kier alpha value is -0.860. The standard InChI is InChI=1S/C13H20N2/c1-9-5-6-11(8-10(9)2)13-12(14)4-3-7-15-13/h5-6,8,12-13,15H,3-4,7,14H2,1-2H3. The Labute approximate surface area is 91.9 Å². The van der Waals surface area contributed by atoms with Crippen LogP contribution in [0.15, 0.2) is 18.2 Å². The first kappa shape index (κ1) is 10.7. The lowest BCUT2D eigenvalue weighted by Crippen LogP contribution is -2.42. The van der Waals surface area contributed by atoms with Crippen LogP contribution in [-0.2, 0) is 0 Å². The fourth-order valence-corrected chi connectivity index (χ4v) is 2.24. The van der Waals surface area contributed by atoms with Crippen molar-refractivity contribution in [2.75, 3.05) is 6.54 Å². The van der Waals surface area contributed by atoms with Gasteiger partial charge in [0.05, 0.1) is 0 Å². The molecule has 1 aliphatic rings. The SMILES string of the molecule is Cc1ccc(C2NCCCC2N)cc1C. The van der Waals surface area contributed by atoms with E-state index in [0.717, 1.165) is 13.0 Å². The Morgan fingerprint density at radius 3 is 2.73 bits per heavy atom. The van der Waals surface area contributed by atoms with Crippen LogP contribution < -0.4 is 11.1 Å². The molecule has 2 rings (SSSR count). The van der Waals surface area contributed by atoms with Gasteiger partial charge in [-0.2, -0.15) is 0 Å². The number of nitrogens with two attached hydrogens (primary N) is 1. The van der Waals surface area contributed by atoms with Crippen molar-refractivity contribution in [2.24, 2.45) is 5.73 Å². The summed E-state index contributed by atoms with van der Waals surface area (Å²) in [6.45, 7) is 5.39. The van der Waals surface area contributed by atoms with Crippen molar-refractivity contribution >= 4 is 0 Å². The normalized spacial score (nSPS) is 26.6. The van der Waals surface area contributed by atoms with Gasteiger partial charge >= 0.3 is 0 Å². The molecule has 2 unspecified atom stereocenters. The fraction of sp³-hybridized carbons (Fsp3) is 0.538. The van der Waals surface area contributed by atoms with Gasteiger partial charge in [0.2, 0.25) is 0 Å². The first-order valence-electron chi connectivity index (χ1n) is 5.74. The molecule has 0 aliphatic carbocycles. The van der Waals surface area contributed by atoms with Crippen molar-refractivity contribution in [2.45, 2.75) is 38.8 Å². The second kappa shape index (κ2) is 4.33. The highest BCUT2D eigenvalue weighted by atomic mass is 15.0. The van der Waals surface area contributed by atoms with Crippen molar-refractivity contribution in [3.63, 3.8) is 0 Å². The highest BCUT2D eigenvalue weighted by molar-refractivity contribution is 5.32. The first-order chi connectivity index (χ1) is 7.18. The average Bonchev–Trinajstić information content (AvgIpc) is 2.23. The smallest absolute Gasteiger partial charge is 0.0473 e. The van der Waals surface area contributed by atoms with E-state index in [4.69, 9.17) is 5.73 Å². The first-order valence-corrected chi connectivity index (χ1v) is 5.74. The van der Waals surface area contributed by atoms with E-state index in [-0.39, 0.29) is 6.04 Å². The maximum Gasteiger partial charge on any atom is 0.0473 e. The molecule has 0 radical (unpaired) electrons. The predicted molar refractivity (Wildman–Crippen MR) is 63.9 cm³/mol. The van der Waals surface area contributed by atoms with Crippen LogP contribution in [0.3, 0.4) is 0 Å². The van der Waals surface area contributed by atoms with Crippen LogP contribution in [-0.4, -0.2) is 12.6 Å². The van der Waals surface area contributed by atoms with Gasteiger partial charge in [0.25, 0.3) is 0 Å². The van der Waals surface area contributed by atoms with Gasteiger partial charge in [-0.15, -0.1) is 0 Å². The van der Waals surface area contributed by atoms with Crippen LogP contribution >= 0.6 is 0 Å². The van der Waals surface area contributed by atoms with E-state index in [9.17, 15) is 0 Å². The molecule has 15 heavy (non-hydrogen) atoms. The molecule has 1 aliphatic heterocycles. The zero-order chi connectivity index (χ0) is 10.8. The van der Waals surface area contributed by atoms with Gasteiger partial charge in [0, 0.05) is 12.1 Å². The van der Waals surface area contributed by atoms with Crippen LogP contribution in [0.25, 0.3) is 0 Å². The maximum atomic E-state index is 6.14. The molecule has 0 saturated carbocycles. The van der Waals surface area contributed by atoms with E-state index in [0.29, 0.717) is 6.04 Å². The molecule has 1 aromatic carbocycles. The minimum absolute atomic E-state index is 0.265. The number of hydrogen-bond acceptors (Lipinski definition) is 2. The molecule has 0 bridgehead atoms. The van der Waals surface area contributed by atoms with Gasteiger partial charge in [-0.05, 0) is 49.9 Å². The highest BCUT2D eigenvalue weighted by Gasteiger charge is 2.22. The van der Waals surface area contributed by atoms with Gasteiger partial charge in [-0.25, -0.2) is 0 Å². The molecule has 0 spiro atoms. The summed E-state index contributed by atoms with van der Waals surface area (Å²) in [6, 6.07) is 7.26. The van der Waals surface area contributed by atoms with Gasteiger partial charge in [-0.3, -0.25) is 0 Å². The fourth-order valence-electron chi connectivity index (χ4n) is 2.24. The summed E-state index contributed by atoms with van der Waals surface area (Å²) in [7, 11) is 0. The van der Waals surface area contributed by atoms with E-state index in [1.54, 1.807) is 0 Å². The number of aryl methyl sites for hydroxylation is 2. The van der Waals surface area contributed by atoms with Crippen molar-refractivity contribution in [1.82, 2.24) is 5.32 Å². The highest BCUT2D eigenvalue weighted by Crippen LogP contribution is 2.23.